The average Bonchev–Trinajstić information content (AvgIpc) is 1.85. The molecule has 0 aliphatic rings. The zero-order valence-corrected chi connectivity index (χ0v) is 5.03. The molecule has 3 nitrogen and oxygen atoms in total. The third-order valence-electron chi connectivity index (χ3n) is 0.642. The van der Waals surface area contributed by atoms with Crippen LogP contribution in [0.15, 0.2) is 25.0 Å². The van der Waals surface area contributed by atoms with E-state index in [1.54, 1.807) is 0 Å². The zero-order chi connectivity index (χ0) is 7.11. The number of aliphatic hydroxyl groups excluding tert-OH is 2. The van der Waals surface area contributed by atoms with Gasteiger partial charge in [0.25, 0.3) is 0 Å². The molecule has 0 spiro atoms. The van der Waals surface area contributed by atoms with Gasteiger partial charge < -0.3 is 14.9 Å². The monoisotopic (exact) mass is 130 g/mol. The topological polar surface area (TPSA) is 49.7 Å². The molecule has 0 saturated heterocycles. The van der Waals surface area contributed by atoms with Crippen molar-refractivity contribution < 1.29 is 14.9 Å². The molecule has 0 aliphatic carbocycles. The first-order valence-corrected chi connectivity index (χ1v) is 2.53. The molecule has 0 aromatic rings. The fourth-order valence-electron chi connectivity index (χ4n) is 0.321. The standard InChI is InChI=1S/C6H10O3/c1-2-9-6(8)4-3-5-7/h2-4,6-8H,1,5H2. The molecule has 9 heavy (non-hydrogen) atoms. The van der Waals surface area contributed by atoms with Gasteiger partial charge >= 0.3 is 0 Å². The first-order valence-electron chi connectivity index (χ1n) is 2.53. The minimum Gasteiger partial charge on any atom is -0.470 e. The molecule has 0 aromatic heterocycles. The molecule has 0 radical (unpaired) electrons. The summed E-state index contributed by atoms with van der Waals surface area (Å²) in [6, 6.07) is 0. The lowest BCUT2D eigenvalue weighted by Gasteiger charge is -2.01. The second-order valence-electron chi connectivity index (χ2n) is 1.30. The molecule has 0 aromatic carbocycles. The molecule has 0 heterocycles. The van der Waals surface area contributed by atoms with E-state index in [2.05, 4.69) is 11.3 Å². The summed E-state index contributed by atoms with van der Waals surface area (Å²) >= 11 is 0. The number of rotatable bonds is 4. The summed E-state index contributed by atoms with van der Waals surface area (Å²) in [5.41, 5.74) is 0. The van der Waals surface area contributed by atoms with Gasteiger partial charge in [0.15, 0.2) is 0 Å². The SMILES string of the molecule is C=COC(O)C=CCO. The van der Waals surface area contributed by atoms with Gasteiger partial charge in [0.05, 0.1) is 12.9 Å². The van der Waals surface area contributed by atoms with Crippen molar-refractivity contribution in [2.24, 2.45) is 0 Å². The molecular formula is C6H10O3. The highest BCUT2D eigenvalue weighted by molar-refractivity contribution is 4.84. The Bertz CT molecular complexity index is 98.5. The van der Waals surface area contributed by atoms with Crippen molar-refractivity contribution in [3.05, 3.63) is 25.0 Å². The maximum absolute atomic E-state index is 8.69. The largest absolute Gasteiger partial charge is 0.470 e. The quantitative estimate of drug-likeness (QED) is 0.320. The molecule has 1 atom stereocenters. The van der Waals surface area contributed by atoms with Gasteiger partial charge in [-0.05, 0) is 6.08 Å². The molecule has 0 aliphatic heterocycles. The molecule has 3 heteroatoms. The Morgan fingerprint density at radius 3 is 2.78 bits per heavy atom. The van der Waals surface area contributed by atoms with Crippen LogP contribution in [0.1, 0.15) is 0 Å². The number of hydrogen-bond donors (Lipinski definition) is 2. The highest BCUT2D eigenvalue weighted by atomic mass is 16.6. The summed E-state index contributed by atoms with van der Waals surface area (Å²) in [4.78, 5) is 0. The Labute approximate surface area is 53.9 Å². The molecule has 52 valence electrons. The second kappa shape index (κ2) is 5.34. The smallest absolute Gasteiger partial charge is 0.216 e. The van der Waals surface area contributed by atoms with Crippen LogP contribution in [0.5, 0.6) is 0 Å². The lowest BCUT2D eigenvalue weighted by molar-refractivity contribution is -0.0109. The second-order valence-corrected chi connectivity index (χ2v) is 1.30. The van der Waals surface area contributed by atoms with E-state index in [4.69, 9.17) is 10.2 Å². The van der Waals surface area contributed by atoms with Gasteiger partial charge in [0, 0.05) is 0 Å². The van der Waals surface area contributed by atoms with Crippen LogP contribution in [-0.4, -0.2) is 23.1 Å². The molecular weight excluding hydrogens is 120 g/mol. The van der Waals surface area contributed by atoms with Gasteiger partial charge in [-0.2, -0.15) is 0 Å². The Morgan fingerprint density at radius 2 is 2.33 bits per heavy atom. The zero-order valence-electron chi connectivity index (χ0n) is 5.03. The minimum absolute atomic E-state index is 0.0996. The van der Waals surface area contributed by atoms with Crippen molar-refractivity contribution in [1.82, 2.24) is 0 Å². The summed E-state index contributed by atoms with van der Waals surface area (Å²) in [6.45, 7) is 3.13. The van der Waals surface area contributed by atoms with E-state index in [1.165, 1.54) is 12.2 Å². The predicted molar refractivity (Wildman–Crippen MR) is 33.5 cm³/mol. The molecule has 0 rings (SSSR count). The van der Waals surface area contributed by atoms with E-state index in [0.717, 1.165) is 6.26 Å². The first kappa shape index (κ1) is 8.20. The summed E-state index contributed by atoms with van der Waals surface area (Å²) < 4.78 is 4.47. The molecule has 1 unspecified atom stereocenters. The lowest BCUT2D eigenvalue weighted by Crippen LogP contribution is -2.02. The maximum atomic E-state index is 8.69. The van der Waals surface area contributed by atoms with E-state index in [1.807, 2.05) is 0 Å². The van der Waals surface area contributed by atoms with Crippen molar-refractivity contribution in [3.63, 3.8) is 0 Å². The van der Waals surface area contributed by atoms with Crippen molar-refractivity contribution in [2.75, 3.05) is 6.61 Å². The van der Waals surface area contributed by atoms with E-state index < -0.39 is 6.29 Å². The number of hydrogen-bond acceptors (Lipinski definition) is 3. The van der Waals surface area contributed by atoms with Crippen LogP contribution < -0.4 is 0 Å². The summed E-state index contributed by atoms with van der Waals surface area (Å²) in [5, 5.41) is 16.9. The van der Waals surface area contributed by atoms with E-state index in [-0.39, 0.29) is 6.61 Å². The Morgan fingerprint density at radius 1 is 1.67 bits per heavy atom. The highest BCUT2D eigenvalue weighted by Gasteiger charge is 1.90. The summed E-state index contributed by atoms with van der Waals surface area (Å²) in [5.74, 6) is 0. The van der Waals surface area contributed by atoms with E-state index in [9.17, 15) is 0 Å². The summed E-state index contributed by atoms with van der Waals surface area (Å²) in [6.07, 6.45) is 2.84. The lowest BCUT2D eigenvalue weighted by atomic mass is 10.5. The van der Waals surface area contributed by atoms with Gasteiger partial charge in [-0.3, -0.25) is 0 Å². The average molecular weight is 130 g/mol. The van der Waals surface area contributed by atoms with Gasteiger partial charge in [-0.15, -0.1) is 0 Å². The van der Waals surface area contributed by atoms with E-state index in [0.29, 0.717) is 0 Å². The van der Waals surface area contributed by atoms with Crippen LogP contribution in [0, 0.1) is 0 Å². The van der Waals surface area contributed by atoms with Crippen molar-refractivity contribution in [3.8, 4) is 0 Å². The minimum atomic E-state index is -0.991. The third-order valence-corrected chi connectivity index (χ3v) is 0.642. The molecule has 0 saturated carbocycles. The fourth-order valence-corrected chi connectivity index (χ4v) is 0.321. The Balaban J connectivity index is 3.35. The predicted octanol–water partition coefficient (Wildman–Crippen LogP) is 0.0134. The highest BCUT2D eigenvalue weighted by Crippen LogP contribution is 1.87. The van der Waals surface area contributed by atoms with Crippen LogP contribution >= 0.6 is 0 Å². The van der Waals surface area contributed by atoms with Crippen LogP contribution in [0.3, 0.4) is 0 Å². The van der Waals surface area contributed by atoms with Crippen molar-refractivity contribution in [2.45, 2.75) is 6.29 Å². The van der Waals surface area contributed by atoms with Crippen LogP contribution in [0.4, 0.5) is 0 Å². The molecule has 2 N–H and O–H groups in total. The fraction of sp³-hybridized carbons (Fsp3) is 0.333. The number of ether oxygens (including phenoxy) is 1. The normalized spacial score (nSPS) is 13.6. The first-order chi connectivity index (χ1) is 4.31. The molecule has 0 bridgehead atoms. The van der Waals surface area contributed by atoms with Gasteiger partial charge in [0.1, 0.15) is 0 Å². The van der Waals surface area contributed by atoms with Gasteiger partial charge in [-0.25, -0.2) is 0 Å². The van der Waals surface area contributed by atoms with Crippen molar-refractivity contribution in [1.29, 1.82) is 0 Å². The van der Waals surface area contributed by atoms with Gasteiger partial charge in [-0.1, -0.05) is 12.7 Å². The van der Waals surface area contributed by atoms with Crippen LogP contribution in [0.2, 0.25) is 0 Å². The Hall–Kier alpha value is -0.800. The van der Waals surface area contributed by atoms with Crippen molar-refractivity contribution >= 4 is 0 Å². The van der Waals surface area contributed by atoms with E-state index >= 15 is 0 Å². The van der Waals surface area contributed by atoms with Gasteiger partial charge in [0.2, 0.25) is 6.29 Å². The Kier molecular flexibility index (Phi) is 4.86. The summed E-state index contributed by atoms with van der Waals surface area (Å²) in [7, 11) is 0. The molecule has 0 fully saturated rings. The van der Waals surface area contributed by atoms with Crippen LogP contribution in [-0.2, 0) is 4.74 Å². The molecule has 0 amide bonds. The maximum Gasteiger partial charge on any atom is 0.216 e. The number of aliphatic hydroxyl groups is 2. The third kappa shape index (κ3) is 5.06. The van der Waals surface area contributed by atoms with Crippen LogP contribution in [0.25, 0.3) is 0 Å².